The van der Waals surface area contributed by atoms with E-state index in [9.17, 15) is 19.9 Å². The van der Waals surface area contributed by atoms with E-state index in [2.05, 4.69) is 14.5 Å². The van der Waals surface area contributed by atoms with Gasteiger partial charge in [-0.15, -0.1) is 0 Å². The lowest BCUT2D eigenvalue weighted by Gasteiger charge is -2.18. The Balaban J connectivity index is 2.02. The first-order valence-corrected chi connectivity index (χ1v) is 8.34. The number of aliphatic hydroxyl groups is 2. The number of rotatable bonds is 4. The third-order valence-corrected chi connectivity index (χ3v) is 4.22. The predicted molar refractivity (Wildman–Crippen MR) is 74.3 cm³/mol. The minimum atomic E-state index is -4.90. The Hall–Kier alpha value is -1.66. The lowest BCUT2D eigenvalue weighted by Crippen LogP contribution is -2.35. The molecule has 1 saturated heterocycles. The van der Waals surface area contributed by atoms with Crippen LogP contribution >= 0.6 is 7.82 Å². The Morgan fingerprint density at radius 3 is 2.79 bits per heavy atom. The van der Waals surface area contributed by atoms with E-state index >= 15 is 0 Å². The Morgan fingerprint density at radius 2 is 2.17 bits per heavy atom. The molecule has 3 heterocycles. The number of hydrogen-bond donors (Lipinski definition) is 5. The molecule has 4 atom stereocenters. The first-order valence-electron chi connectivity index (χ1n) is 6.81. The zero-order valence-electron chi connectivity index (χ0n) is 12.4. The van der Waals surface area contributed by atoms with Crippen LogP contribution in [0.25, 0.3) is 11.2 Å². The molecule has 0 amide bonds. The molecular formula is C11H16N4O8P+. The van der Waals surface area contributed by atoms with Crippen molar-refractivity contribution in [2.24, 2.45) is 7.05 Å². The minimum absolute atomic E-state index is 0.225. The number of aliphatic hydroxyl groups excluding tert-OH is 2. The van der Waals surface area contributed by atoms with Crippen molar-refractivity contribution in [1.82, 2.24) is 14.5 Å². The fourth-order valence-corrected chi connectivity index (χ4v) is 3.31. The smallest absolute Gasteiger partial charge is 0.470 e. The number of phosphoric ester groups is 1. The summed E-state index contributed by atoms with van der Waals surface area (Å²) in [4.78, 5) is 25.6. The highest BCUT2D eigenvalue weighted by Gasteiger charge is 2.51. The van der Waals surface area contributed by atoms with Crippen LogP contribution in [0.15, 0.2) is 12.7 Å². The number of imidazole rings is 1. The van der Waals surface area contributed by atoms with Gasteiger partial charge in [0.05, 0.1) is 13.7 Å². The van der Waals surface area contributed by atoms with Gasteiger partial charge in [0.2, 0.25) is 12.6 Å². The normalized spacial score (nSPS) is 27.9. The van der Waals surface area contributed by atoms with Crippen molar-refractivity contribution in [3.63, 3.8) is 0 Å². The topological polar surface area (TPSA) is 171 Å². The summed E-state index contributed by atoms with van der Waals surface area (Å²) in [6.07, 6.45) is -2.67. The number of aromatic hydroxyl groups is 1. The van der Waals surface area contributed by atoms with Crippen molar-refractivity contribution in [3.05, 3.63) is 12.7 Å². The zero-order valence-corrected chi connectivity index (χ0v) is 13.3. The van der Waals surface area contributed by atoms with Gasteiger partial charge in [-0.1, -0.05) is 0 Å². The molecule has 5 N–H and O–H groups in total. The largest absolute Gasteiger partial charge is 0.490 e. The van der Waals surface area contributed by atoms with Gasteiger partial charge in [-0.3, -0.25) is 4.52 Å². The Bertz CT molecular complexity index is 807. The highest BCUT2D eigenvalue weighted by atomic mass is 31.2. The van der Waals surface area contributed by atoms with E-state index < -0.39 is 39.0 Å². The molecule has 0 saturated carbocycles. The lowest BCUT2D eigenvalue weighted by atomic mass is 10.1. The average molecular weight is 363 g/mol. The summed E-state index contributed by atoms with van der Waals surface area (Å²) < 4.78 is 23.9. The van der Waals surface area contributed by atoms with Crippen LogP contribution in [0.1, 0.15) is 6.23 Å². The van der Waals surface area contributed by atoms with E-state index in [1.807, 2.05) is 0 Å². The van der Waals surface area contributed by atoms with Gasteiger partial charge in [0.15, 0.2) is 0 Å². The van der Waals surface area contributed by atoms with E-state index in [0.29, 0.717) is 0 Å². The molecule has 1 fully saturated rings. The van der Waals surface area contributed by atoms with Gasteiger partial charge in [-0.25, -0.2) is 9.13 Å². The zero-order chi connectivity index (χ0) is 17.6. The van der Waals surface area contributed by atoms with Crippen molar-refractivity contribution in [1.29, 1.82) is 0 Å². The summed E-state index contributed by atoms with van der Waals surface area (Å²) >= 11 is 0. The number of hydrogen-bond acceptors (Lipinski definition) is 8. The van der Waals surface area contributed by atoms with Gasteiger partial charge in [0, 0.05) is 0 Å². The lowest BCUT2D eigenvalue weighted by molar-refractivity contribution is -0.646. The summed E-state index contributed by atoms with van der Waals surface area (Å²) in [6, 6.07) is 0. The van der Waals surface area contributed by atoms with Crippen molar-refractivity contribution >= 4 is 19.0 Å². The molecule has 0 radical (unpaired) electrons. The van der Waals surface area contributed by atoms with Gasteiger partial charge in [-0.2, -0.15) is 14.5 Å². The third-order valence-electron chi connectivity index (χ3n) is 3.70. The predicted octanol–water partition coefficient (Wildman–Crippen LogP) is -2.31. The second-order valence-corrected chi connectivity index (χ2v) is 6.49. The molecule has 0 spiro atoms. The molecule has 0 aliphatic carbocycles. The van der Waals surface area contributed by atoms with Crippen molar-refractivity contribution in [2.45, 2.75) is 24.5 Å². The molecule has 132 valence electrons. The van der Waals surface area contributed by atoms with E-state index in [1.165, 1.54) is 15.5 Å². The number of nitrogens with zero attached hydrogens (tertiary/aromatic N) is 4. The highest BCUT2D eigenvalue weighted by Crippen LogP contribution is 2.44. The van der Waals surface area contributed by atoms with Crippen molar-refractivity contribution in [2.75, 3.05) is 6.61 Å². The molecule has 3 rings (SSSR count). The van der Waals surface area contributed by atoms with E-state index in [4.69, 9.17) is 14.5 Å². The maximum Gasteiger partial charge on any atom is 0.470 e. The number of ether oxygens (including phenoxy) is 1. The number of aryl methyl sites for hydroxylation is 1. The molecule has 24 heavy (non-hydrogen) atoms. The maximum atomic E-state index is 11.1. The fraction of sp³-hybridized carbons (Fsp3) is 0.545. The number of phosphoric acid groups is 1. The molecule has 0 aromatic carbocycles. The van der Waals surface area contributed by atoms with E-state index in [-0.39, 0.29) is 17.0 Å². The van der Waals surface area contributed by atoms with Crippen LogP contribution < -0.4 is 4.57 Å². The van der Waals surface area contributed by atoms with Gasteiger partial charge < -0.3 is 29.8 Å². The molecule has 1 aliphatic heterocycles. The maximum absolute atomic E-state index is 11.1. The van der Waals surface area contributed by atoms with Crippen LogP contribution in [-0.2, 0) is 20.9 Å². The van der Waals surface area contributed by atoms with Crippen molar-refractivity contribution in [3.8, 4) is 5.88 Å². The van der Waals surface area contributed by atoms with Gasteiger partial charge in [0.25, 0.3) is 17.0 Å². The van der Waals surface area contributed by atoms with E-state index in [1.54, 1.807) is 7.05 Å². The van der Waals surface area contributed by atoms with Gasteiger partial charge >= 0.3 is 7.82 Å². The van der Waals surface area contributed by atoms with Gasteiger partial charge in [-0.05, 0) is 0 Å². The molecule has 0 unspecified atom stereocenters. The summed E-state index contributed by atoms with van der Waals surface area (Å²) in [5.74, 6) is -0.282. The minimum Gasteiger partial charge on any atom is -0.490 e. The van der Waals surface area contributed by atoms with Crippen molar-refractivity contribution < 1.29 is 43.5 Å². The van der Waals surface area contributed by atoms with Crippen LogP contribution in [0.4, 0.5) is 0 Å². The molecule has 0 bridgehead atoms. The fourth-order valence-electron chi connectivity index (χ4n) is 2.74. The molecule has 1 aliphatic rings. The Morgan fingerprint density at radius 1 is 1.46 bits per heavy atom. The Kier molecular flexibility index (Phi) is 4.30. The standard InChI is InChI=1S/C11H15N4O8P/c1-14-4-15(9-6(14)10(18)13-3-12-9)11-7(17)8(5(2-16)22-11)23-24(19,20)21/h3-5,7-8,11,16-17H,2H2,1H3,(H2-,12,13,18,19,20,21)/p+1/t5-,7-,8-,11-/m1/s1. The first-order chi connectivity index (χ1) is 11.2. The number of fused-ring (bicyclic) bond motifs is 1. The van der Waals surface area contributed by atoms with Crippen LogP contribution in [-0.4, -0.2) is 64.6 Å². The SMILES string of the molecule is C[n+]1cn([C@@H]2O[C@H](CO)[C@@H](OP(=O)(O)O)[C@H]2O)c2ncnc(O)c21. The Labute approximate surface area is 134 Å². The van der Waals surface area contributed by atoms with Crippen LogP contribution in [0.5, 0.6) is 5.88 Å². The third kappa shape index (κ3) is 2.89. The molecule has 13 heteroatoms. The molecular weight excluding hydrogens is 347 g/mol. The number of aromatic nitrogens is 4. The van der Waals surface area contributed by atoms with Gasteiger partial charge in [0.1, 0.15) is 24.6 Å². The van der Waals surface area contributed by atoms with Crippen LogP contribution in [0.2, 0.25) is 0 Å². The van der Waals surface area contributed by atoms with Crippen LogP contribution in [0.3, 0.4) is 0 Å². The monoisotopic (exact) mass is 363 g/mol. The molecule has 12 nitrogen and oxygen atoms in total. The summed E-state index contributed by atoms with van der Waals surface area (Å²) in [6.45, 7) is -0.621. The second kappa shape index (κ2) is 6.01. The summed E-state index contributed by atoms with van der Waals surface area (Å²) in [5, 5.41) is 29.5. The molecule has 2 aromatic heterocycles. The summed E-state index contributed by atoms with van der Waals surface area (Å²) in [5.41, 5.74) is 0.496. The molecule has 2 aromatic rings. The average Bonchev–Trinajstić information content (AvgIpc) is 2.97. The highest BCUT2D eigenvalue weighted by molar-refractivity contribution is 7.46. The summed E-state index contributed by atoms with van der Waals surface area (Å²) in [7, 11) is -3.30. The first kappa shape index (κ1) is 17.2. The van der Waals surface area contributed by atoms with Crippen LogP contribution in [0, 0.1) is 0 Å². The second-order valence-electron chi connectivity index (χ2n) is 5.30. The van der Waals surface area contributed by atoms with E-state index in [0.717, 1.165) is 6.33 Å². The quantitative estimate of drug-likeness (QED) is 0.293.